The Labute approximate surface area is 143 Å². The maximum Gasteiger partial charge on any atom is 0.250 e. The second-order valence-corrected chi connectivity index (χ2v) is 6.98. The van der Waals surface area contributed by atoms with Gasteiger partial charge in [0, 0.05) is 36.1 Å². The van der Waals surface area contributed by atoms with Gasteiger partial charge in [-0.15, -0.1) is 11.3 Å². The van der Waals surface area contributed by atoms with Crippen LogP contribution in [0.2, 0.25) is 0 Å². The number of aromatic nitrogens is 3. The Morgan fingerprint density at radius 3 is 3.12 bits per heavy atom. The summed E-state index contributed by atoms with van der Waals surface area (Å²) >= 11 is 1.55. The Morgan fingerprint density at radius 1 is 1.50 bits per heavy atom. The number of nitrogens with one attached hydrogen (secondary N) is 1. The molecule has 0 spiro atoms. The van der Waals surface area contributed by atoms with Crippen molar-refractivity contribution in [3.8, 4) is 0 Å². The number of carbonyl (C=O) groups excluding carboxylic acids is 1. The highest BCUT2D eigenvalue weighted by atomic mass is 32.1. The van der Waals surface area contributed by atoms with Gasteiger partial charge in [-0.25, -0.2) is 9.97 Å². The molecule has 1 aliphatic heterocycles. The molecule has 0 saturated carbocycles. The number of thiazole rings is 1. The van der Waals surface area contributed by atoms with Gasteiger partial charge in [0.1, 0.15) is 0 Å². The SMILES string of the molecule is Cc1nc(CC(=O)N2CCOCC(Cc3cc(=O)[nH]cn3)C2)cs1. The van der Waals surface area contributed by atoms with Crippen LogP contribution < -0.4 is 5.56 Å². The van der Waals surface area contributed by atoms with Crippen LogP contribution in [-0.2, 0) is 22.4 Å². The number of amides is 1. The summed E-state index contributed by atoms with van der Waals surface area (Å²) in [6.07, 6.45) is 2.34. The highest BCUT2D eigenvalue weighted by molar-refractivity contribution is 7.09. The van der Waals surface area contributed by atoms with Crippen LogP contribution in [0.1, 0.15) is 16.4 Å². The molecule has 8 heteroatoms. The van der Waals surface area contributed by atoms with E-state index in [4.69, 9.17) is 4.74 Å². The summed E-state index contributed by atoms with van der Waals surface area (Å²) in [7, 11) is 0. The van der Waals surface area contributed by atoms with Gasteiger partial charge in [0.05, 0.1) is 36.7 Å². The summed E-state index contributed by atoms with van der Waals surface area (Å²) in [5.41, 5.74) is 1.37. The molecule has 1 saturated heterocycles. The summed E-state index contributed by atoms with van der Waals surface area (Å²) in [6, 6.07) is 1.50. The topological polar surface area (TPSA) is 88.2 Å². The Bertz CT molecular complexity index is 758. The van der Waals surface area contributed by atoms with Gasteiger partial charge >= 0.3 is 0 Å². The van der Waals surface area contributed by atoms with Crippen molar-refractivity contribution in [2.24, 2.45) is 5.92 Å². The van der Waals surface area contributed by atoms with Gasteiger partial charge < -0.3 is 14.6 Å². The first kappa shape index (κ1) is 16.8. The molecular formula is C16H20N4O3S. The predicted octanol–water partition coefficient (Wildman–Crippen LogP) is 0.795. The van der Waals surface area contributed by atoms with Gasteiger partial charge in [0.15, 0.2) is 0 Å². The number of H-pyrrole nitrogens is 1. The van der Waals surface area contributed by atoms with Gasteiger partial charge in [0.2, 0.25) is 5.91 Å². The van der Waals surface area contributed by atoms with E-state index in [0.29, 0.717) is 39.1 Å². The molecule has 3 rings (SSSR count). The molecule has 0 radical (unpaired) electrons. The third-order valence-corrected chi connectivity index (χ3v) is 4.74. The Hall–Kier alpha value is -2.06. The molecule has 1 unspecified atom stereocenters. The standard InChI is InChI=1S/C16H20N4O3S/c1-11-19-14(9-24-11)6-16(22)20-2-3-23-8-12(7-20)4-13-5-15(21)18-10-17-13/h5,9-10,12H,2-4,6-8H2,1H3,(H,17,18,21). The monoisotopic (exact) mass is 348 g/mol. The molecule has 3 heterocycles. The first-order valence-corrected chi connectivity index (χ1v) is 8.78. The lowest BCUT2D eigenvalue weighted by molar-refractivity contribution is -0.130. The smallest absolute Gasteiger partial charge is 0.250 e. The fourth-order valence-electron chi connectivity index (χ4n) is 2.80. The van der Waals surface area contributed by atoms with Crippen LogP contribution in [-0.4, -0.2) is 52.1 Å². The van der Waals surface area contributed by atoms with Crippen LogP contribution in [0.15, 0.2) is 22.6 Å². The second kappa shape index (κ2) is 7.67. The van der Waals surface area contributed by atoms with E-state index in [9.17, 15) is 9.59 Å². The number of carbonyl (C=O) groups is 1. The molecule has 1 N–H and O–H groups in total. The maximum atomic E-state index is 12.5. The summed E-state index contributed by atoms with van der Waals surface area (Å²) in [5.74, 6) is 0.192. The zero-order chi connectivity index (χ0) is 16.9. The number of aromatic amines is 1. The van der Waals surface area contributed by atoms with Crippen molar-refractivity contribution in [2.75, 3.05) is 26.3 Å². The van der Waals surface area contributed by atoms with E-state index in [-0.39, 0.29) is 17.4 Å². The summed E-state index contributed by atoms with van der Waals surface area (Å²) < 4.78 is 5.62. The number of rotatable bonds is 4. The molecule has 2 aromatic rings. The Balaban J connectivity index is 1.63. The van der Waals surface area contributed by atoms with Gasteiger partial charge in [0.25, 0.3) is 5.56 Å². The fraction of sp³-hybridized carbons (Fsp3) is 0.500. The number of hydrogen-bond donors (Lipinski definition) is 1. The quantitative estimate of drug-likeness (QED) is 0.883. The van der Waals surface area contributed by atoms with E-state index < -0.39 is 0 Å². The van der Waals surface area contributed by atoms with Crippen LogP contribution in [0.25, 0.3) is 0 Å². The van der Waals surface area contributed by atoms with E-state index in [1.807, 2.05) is 17.2 Å². The van der Waals surface area contributed by atoms with Crippen LogP contribution in [0.4, 0.5) is 0 Å². The van der Waals surface area contributed by atoms with Crippen LogP contribution in [0.3, 0.4) is 0 Å². The van der Waals surface area contributed by atoms with Crippen LogP contribution >= 0.6 is 11.3 Å². The zero-order valence-electron chi connectivity index (χ0n) is 13.5. The minimum atomic E-state index is -0.165. The van der Waals surface area contributed by atoms with Gasteiger partial charge in [-0.2, -0.15) is 0 Å². The van der Waals surface area contributed by atoms with E-state index in [1.165, 1.54) is 12.4 Å². The molecule has 2 aromatic heterocycles. The van der Waals surface area contributed by atoms with Crippen LogP contribution in [0.5, 0.6) is 0 Å². The van der Waals surface area contributed by atoms with Crippen molar-refractivity contribution in [1.29, 1.82) is 0 Å². The van der Waals surface area contributed by atoms with E-state index in [2.05, 4.69) is 15.0 Å². The number of nitrogens with zero attached hydrogens (tertiary/aromatic N) is 3. The molecular weight excluding hydrogens is 328 g/mol. The minimum absolute atomic E-state index is 0.0645. The number of aryl methyl sites for hydroxylation is 1. The molecule has 0 bridgehead atoms. The van der Waals surface area contributed by atoms with Crippen molar-refractivity contribution in [3.05, 3.63) is 44.5 Å². The molecule has 1 atom stereocenters. The summed E-state index contributed by atoms with van der Waals surface area (Å²) in [6.45, 7) is 4.22. The third-order valence-electron chi connectivity index (χ3n) is 3.92. The largest absolute Gasteiger partial charge is 0.379 e. The normalized spacial score (nSPS) is 18.4. The lowest BCUT2D eigenvalue weighted by atomic mass is 10.0. The molecule has 1 amide bonds. The third kappa shape index (κ3) is 4.48. The van der Waals surface area contributed by atoms with Crippen molar-refractivity contribution in [1.82, 2.24) is 19.9 Å². The molecule has 1 fully saturated rings. The first-order chi connectivity index (χ1) is 11.6. The highest BCUT2D eigenvalue weighted by Crippen LogP contribution is 2.14. The molecule has 1 aliphatic rings. The summed E-state index contributed by atoms with van der Waals surface area (Å²) in [5, 5.41) is 2.90. The highest BCUT2D eigenvalue weighted by Gasteiger charge is 2.23. The zero-order valence-corrected chi connectivity index (χ0v) is 14.3. The fourth-order valence-corrected chi connectivity index (χ4v) is 3.42. The Kier molecular flexibility index (Phi) is 5.37. The lowest BCUT2D eigenvalue weighted by Crippen LogP contribution is -2.37. The molecule has 24 heavy (non-hydrogen) atoms. The van der Waals surface area contributed by atoms with Crippen molar-refractivity contribution >= 4 is 17.2 Å². The average molecular weight is 348 g/mol. The van der Waals surface area contributed by atoms with E-state index >= 15 is 0 Å². The second-order valence-electron chi connectivity index (χ2n) is 5.92. The predicted molar refractivity (Wildman–Crippen MR) is 90.0 cm³/mol. The molecule has 7 nitrogen and oxygen atoms in total. The first-order valence-electron chi connectivity index (χ1n) is 7.90. The molecule has 0 aromatic carbocycles. The molecule has 128 valence electrons. The van der Waals surface area contributed by atoms with Crippen molar-refractivity contribution in [3.63, 3.8) is 0 Å². The Morgan fingerprint density at radius 2 is 2.38 bits per heavy atom. The van der Waals surface area contributed by atoms with Crippen LogP contribution in [0, 0.1) is 12.8 Å². The van der Waals surface area contributed by atoms with E-state index in [1.54, 1.807) is 11.3 Å². The van der Waals surface area contributed by atoms with Gasteiger partial charge in [-0.05, 0) is 13.3 Å². The lowest BCUT2D eigenvalue weighted by Gasteiger charge is -2.23. The minimum Gasteiger partial charge on any atom is -0.379 e. The molecule has 0 aliphatic carbocycles. The van der Waals surface area contributed by atoms with Gasteiger partial charge in [-0.3, -0.25) is 9.59 Å². The summed E-state index contributed by atoms with van der Waals surface area (Å²) in [4.78, 5) is 36.8. The maximum absolute atomic E-state index is 12.5. The average Bonchev–Trinajstić information content (AvgIpc) is 2.81. The number of hydrogen-bond acceptors (Lipinski definition) is 6. The van der Waals surface area contributed by atoms with Gasteiger partial charge in [-0.1, -0.05) is 0 Å². The number of ether oxygens (including phenoxy) is 1. The van der Waals surface area contributed by atoms with Crippen molar-refractivity contribution in [2.45, 2.75) is 19.8 Å². The van der Waals surface area contributed by atoms with E-state index in [0.717, 1.165) is 16.4 Å². The van der Waals surface area contributed by atoms with Crippen molar-refractivity contribution < 1.29 is 9.53 Å².